The van der Waals surface area contributed by atoms with E-state index < -0.39 is 0 Å². The SMILES string of the molecule is CCCCCCN=C(N)NCCC1CC1.I. The van der Waals surface area contributed by atoms with Crippen LogP contribution in [0.25, 0.3) is 0 Å². The van der Waals surface area contributed by atoms with Gasteiger partial charge in [0.1, 0.15) is 0 Å². The fourth-order valence-corrected chi connectivity index (χ4v) is 1.60. The summed E-state index contributed by atoms with van der Waals surface area (Å²) >= 11 is 0. The monoisotopic (exact) mass is 339 g/mol. The first kappa shape index (κ1) is 16.0. The van der Waals surface area contributed by atoms with E-state index in [2.05, 4.69) is 17.2 Å². The molecule has 1 saturated carbocycles. The summed E-state index contributed by atoms with van der Waals surface area (Å²) in [4.78, 5) is 4.30. The minimum atomic E-state index is 0. The van der Waals surface area contributed by atoms with Crippen LogP contribution in [0.15, 0.2) is 4.99 Å². The second-order valence-electron chi connectivity index (χ2n) is 4.49. The Bertz CT molecular complexity index is 191. The van der Waals surface area contributed by atoms with Crippen molar-refractivity contribution in [2.45, 2.75) is 51.9 Å². The Kier molecular flexibility index (Phi) is 10.2. The minimum absolute atomic E-state index is 0. The van der Waals surface area contributed by atoms with Crippen molar-refractivity contribution in [3.63, 3.8) is 0 Å². The van der Waals surface area contributed by atoms with E-state index in [-0.39, 0.29) is 24.0 Å². The van der Waals surface area contributed by atoms with E-state index >= 15 is 0 Å². The summed E-state index contributed by atoms with van der Waals surface area (Å²) < 4.78 is 0. The molecule has 0 amide bonds. The lowest BCUT2D eigenvalue weighted by Gasteiger charge is -2.04. The molecule has 1 aliphatic rings. The van der Waals surface area contributed by atoms with Gasteiger partial charge in [-0.05, 0) is 18.8 Å². The summed E-state index contributed by atoms with van der Waals surface area (Å²) in [6.07, 6.45) is 9.11. The first-order valence-corrected chi connectivity index (χ1v) is 6.36. The van der Waals surface area contributed by atoms with Crippen molar-refractivity contribution in [1.82, 2.24) is 5.32 Å². The predicted molar refractivity (Wildman–Crippen MR) is 81.4 cm³/mol. The van der Waals surface area contributed by atoms with Gasteiger partial charge >= 0.3 is 0 Å². The van der Waals surface area contributed by atoms with Crippen molar-refractivity contribution in [3.8, 4) is 0 Å². The van der Waals surface area contributed by atoms with E-state index in [4.69, 9.17) is 5.73 Å². The van der Waals surface area contributed by atoms with Crippen LogP contribution in [0.2, 0.25) is 0 Å². The highest BCUT2D eigenvalue weighted by atomic mass is 127. The fraction of sp³-hybridized carbons (Fsp3) is 0.917. The molecule has 0 spiro atoms. The van der Waals surface area contributed by atoms with Gasteiger partial charge in [-0.25, -0.2) is 0 Å². The molecule has 0 aliphatic heterocycles. The molecule has 1 fully saturated rings. The molecule has 0 aromatic heterocycles. The predicted octanol–water partition coefficient (Wildman–Crippen LogP) is 2.89. The first-order valence-electron chi connectivity index (χ1n) is 6.36. The second-order valence-corrected chi connectivity index (χ2v) is 4.49. The van der Waals surface area contributed by atoms with Crippen molar-refractivity contribution in [1.29, 1.82) is 0 Å². The summed E-state index contributed by atoms with van der Waals surface area (Å²) in [6, 6.07) is 0. The average Bonchev–Trinajstić information content (AvgIpc) is 3.01. The molecule has 0 aromatic rings. The van der Waals surface area contributed by atoms with E-state index in [0.29, 0.717) is 5.96 Å². The van der Waals surface area contributed by atoms with Gasteiger partial charge in [0.25, 0.3) is 0 Å². The van der Waals surface area contributed by atoms with E-state index in [1.54, 1.807) is 0 Å². The highest BCUT2D eigenvalue weighted by molar-refractivity contribution is 14.0. The molecular formula is C12H26IN3. The zero-order valence-electron chi connectivity index (χ0n) is 10.4. The third kappa shape index (κ3) is 9.24. The van der Waals surface area contributed by atoms with Gasteiger partial charge in [0.2, 0.25) is 0 Å². The number of hydrogen-bond acceptors (Lipinski definition) is 1. The van der Waals surface area contributed by atoms with Crippen molar-refractivity contribution >= 4 is 29.9 Å². The zero-order valence-corrected chi connectivity index (χ0v) is 12.7. The molecule has 1 rings (SSSR count). The molecule has 4 heteroatoms. The third-order valence-electron chi connectivity index (χ3n) is 2.85. The highest BCUT2D eigenvalue weighted by Crippen LogP contribution is 2.31. The molecule has 0 radical (unpaired) electrons. The summed E-state index contributed by atoms with van der Waals surface area (Å²) in [6.45, 7) is 4.09. The van der Waals surface area contributed by atoms with Crippen LogP contribution >= 0.6 is 24.0 Å². The van der Waals surface area contributed by atoms with Crippen LogP contribution in [0.1, 0.15) is 51.9 Å². The fourth-order valence-electron chi connectivity index (χ4n) is 1.60. The molecule has 0 bridgehead atoms. The van der Waals surface area contributed by atoms with Gasteiger partial charge < -0.3 is 11.1 Å². The van der Waals surface area contributed by atoms with Crippen molar-refractivity contribution < 1.29 is 0 Å². The quantitative estimate of drug-likeness (QED) is 0.309. The summed E-state index contributed by atoms with van der Waals surface area (Å²) in [5, 5.41) is 3.17. The van der Waals surface area contributed by atoms with Crippen LogP contribution < -0.4 is 11.1 Å². The van der Waals surface area contributed by atoms with Crippen LogP contribution in [-0.4, -0.2) is 19.0 Å². The molecule has 0 unspecified atom stereocenters. The lowest BCUT2D eigenvalue weighted by Crippen LogP contribution is -2.32. The molecule has 96 valence electrons. The number of unbranched alkanes of at least 4 members (excludes halogenated alkanes) is 3. The average molecular weight is 339 g/mol. The number of halogens is 1. The number of nitrogens with one attached hydrogen (secondary N) is 1. The third-order valence-corrected chi connectivity index (χ3v) is 2.85. The highest BCUT2D eigenvalue weighted by Gasteiger charge is 2.20. The molecule has 16 heavy (non-hydrogen) atoms. The van der Waals surface area contributed by atoms with E-state index in [0.717, 1.165) is 19.0 Å². The number of guanidine groups is 1. The van der Waals surface area contributed by atoms with Crippen molar-refractivity contribution in [2.24, 2.45) is 16.6 Å². The first-order chi connectivity index (χ1) is 7.33. The lowest BCUT2D eigenvalue weighted by atomic mass is 10.2. The Labute approximate surface area is 117 Å². The van der Waals surface area contributed by atoms with Crippen molar-refractivity contribution in [3.05, 3.63) is 0 Å². The van der Waals surface area contributed by atoms with Gasteiger partial charge in [-0.2, -0.15) is 0 Å². The molecule has 0 heterocycles. The number of rotatable bonds is 8. The van der Waals surface area contributed by atoms with Crippen LogP contribution in [0.5, 0.6) is 0 Å². The van der Waals surface area contributed by atoms with E-state index in [1.807, 2.05) is 0 Å². The van der Waals surface area contributed by atoms with Crippen LogP contribution in [-0.2, 0) is 0 Å². The Balaban J connectivity index is 0.00000225. The maximum atomic E-state index is 5.73. The lowest BCUT2D eigenvalue weighted by molar-refractivity contribution is 0.668. The van der Waals surface area contributed by atoms with Gasteiger partial charge in [0, 0.05) is 13.1 Å². The standard InChI is InChI=1S/C12H25N3.HI/c1-2-3-4-5-9-14-12(13)15-10-8-11-6-7-11;/h11H,2-10H2,1H3,(H3,13,14,15);1H. The number of aliphatic imine (C=N–C) groups is 1. The Morgan fingerprint density at radius 1 is 1.31 bits per heavy atom. The maximum absolute atomic E-state index is 5.73. The largest absolute Gasteiger partial charge is 0.370 e. The topological polar surface area (TPSA) is 50.4 Å². The van der Waals surface area contributed by atoms with Gasteiger partial charge in [0.05, 0.1) is 0 Å². The minimum Gasteiger partial charge on any atom is -0.370 e. The second kappa shape index (κ2) is 10.2. The van der Waals surface area contributed by atoms with Gasteiger partial charge in [0.15, 0.2) is 5.96 Å². The number of nitrogens with zero attached hydrogens (tertiary/aromatic N) is 1. The van der Waals surface area contributed by atoms with Gasteiger partial charge in [-0.15, -0.1) is 24.0 Å². The van der Waals surface area contributed by atoms with Crippen LogP contribution in [0.4, 0.5) is 0 Å². The van der Waals surface area contributed by atoms with Gasteiger partial charge in [-0.1, -0.05) is 39.0 Å². The summed E-state index contributed by atoms with van der Waals surface area (Å²) in [5.41, 5.74) is 5.73. The maximum Gasteiger partial charge on any atom is 0.188 e. The smallest absolute Gasteiger partial charge is 0.188 e. The van der Waals surface area contributed by atoms with E-state index in [1.165, 1.54) is 44.9 Å². The van der Waals surface area contributed by atoms with Crippen LogP contribution in [0.3, 0.4) is 0 Å². The molecular weight excluding hydrogens is 313 g/mol. The Morgan fingerprint density at radius 3 is 2.69 bits per heavy atom. The van der Waals surface area contributed by atoms with Crippen LogP contribution in [0, 0.1) is 5.92 Å². The molecule has 0 aromatic carbocycles. The molecule has 1 aliphatic carbocycles. The van der Waals surface area contributed by atoms with E-state index in [9.17, 15) is 0 Å². The molecule has 0 saturated heterocycles. The number of hydrogen-bond donors (Lipinski definition) is 2. The number of nitrogens with two attached hydrogens (primary N) is 1. The normalized spacial score (nSPS) is 15.7. The Hall–Kier alpha value is 0. The molecule has 3 N–H and O–H groups in total. The molecule has 3 nitrogen and oxygen atoms in total. The Morgan fingerprint density at radius 2 is 2.06 bits per heavy atom. The zero-order chi connectivity index (χ0) is 10.9. The molecule has 0 atom stereocenters. The van der Waals surface area contributed by atoms with Crippen molar-refractivity contribution in [2.75, 3.05) is 13.1 Å². The summed E-state index contributed by atoms with van der Waals surface area (Å²) in [5.74, 6) is 1.60. The summed E-state index contributed by atoms with van der Waals surface area (Å²) in [7, 11) is 0. The van der Waals surface area contributed by atoms with Gasteiger partial charge in [-0.3, -0.25) is 4.99 Å².